The fourth-order valence-corrected chi connectivity index (χ4v) is 1.46. The lowest BCUT2D eigenvalue weighted by atomic mass is 10.3. The van der Waals surface area contributed by atoms with Crippen molar-refractivity contribution in [1.29, 1.82) is 0 Å². The van der Waals surface area contributed by atoms with Gasteiger partial charge in [-0.1, -0.05) is 12.1 Å². The van der Waals surface area contributed by atoms with E-state index in [1.807, 2.05) is 0 Å². The van der Waals surface area contributed by atoms with Gasteiger partial charge in [-0.05, 0) is 12.1 Å². The van der Waals surface area contributed by atoms with Gasteiger partial charge in [-0.15, -0.1) is 0 Å². The predicted octanol–water partition coefficient (Wildman–Crippen LogP) is 0.947. The van der Waals surface area contributed by atoms with Crippen molar-refractivity contribution in [2.24, 2.45) is 0 Å². The molecule has 1 heterocycles. The number of hydrogen-bond donors (Lipinski definition) is 2. The summed E-state index contributed by atoms with van der Waals surface area (Å²) in [7, 11) is 1.26. The number of methoxy groups -OCH3 is 1. The first kappa shape index (κ1) is 11.0. The van der Waals surface area contributed by atoms with Crippen LogP contribution in [0.4, 0.5) is 5.82 Å². The molecule has 1 aromatic heterocycles. The van der Waals surface area contributed by atoms with Gasteiger partial charge in [0.15, 0.2) is 0 Å². The van der Waals surface area contributed by atoms with Crippen molar-refractivity contribution in [2.45, 2.75) is 0 Å². The van der Waals surface area contributed by atoms with Crippen LogP contribution in [-0.2, 0) is 4.74 Å². The number of esters is 1. The Morgan fingerprint density at radius 1 is 1.47 bits per heavy atom. The Kier molecular flexibility index (Phi) is 2.70. The minimum atomic E-state index is -0.566. The van der Waals surface area contributed by atoms with E-state index < -0.39 is 5.97 Å². The fraction of sp³-hybridized carbons (Fsp3) is 0.0909. The number of carbonyl (C=O) groups is 1. The summed E-state index contributed by atoms with van der Waals surface area (Å²) in [5, 5.41) is 13.6. The molecule has 2 aromatic rings. The molecule has 0 fully saturated rings. The highest BCUT2D eigenvalue weighted by molar-refractivity contribution is 5.94. The predicted molar refractivity (Wildman–Crippen MR) is 61.0 cm³/mol. The van der Waals surface area contributed by atoms with Crippen LogP contribution in [0.15, 0.2) is 30.5 Å². The van der Waals surface area contributed by atoms with Crippen molar-refractivity contribution >= 4 is 11.8 Å². The molecule has 0 spiro atoms. The van der Waals surface area contributed by atoms with Crippen molar-refractivity contribution in [3.05, 3.63) is 36.0 Å². The largest absolute Gasteiger partial charge is 0.506 e. The fourth-order valence-electron chi connectivity index (χ4n) is 1.46. The number of phenols is 1. The van der Waals surface area contributed by atoms with Crippen molar-refractivity contribution in [3.8, 4) is 11.4 Å². The second-order valence-corrected chi connectivity index (χ2v) is 3.34. The molecule has 3 N–H and O–H groups in total. The number of rotatable bonds is 2. The van der Waals surface area contributed by atoms with Crippen molar-refractivity contribution < 1.29 is 14.6 Å². The van der Waals surface area contributed by atoms with E-state index >= 15 is 0 Å². The Labute approximate surface area is 97.2 Å². The normalized spacial score (nSPS) is 10.2. The van der Waals surface area contributed by atoms with Gasteiger partial charge in [0.2, 0.25) is 0 Å². The summed E-state index contributed by atoms with van der Waals surface area (Å²) in [6.07, 6.45) is 1.30. The number of nitrogens with zero attached hydrogens (tertiary/aromatic N) is 2. The first-order valence-corrected chi connectivity index (χ1v) is 4.85. The molecular weight excluding hydrogens is 222 g/mol. The van der Waals surface area contributed by atoms with E-state index in [1.165, 1.54) is 24.1 Å². The van der Waals surface area contributed by atoms with Crippen molar-refractivity contribution in [2.75, 3.05) is 12.8 Å². The molecule has 2 rings (SSSR count). The highest BCUT2D eigenvalue weighted by Gasteiger charge is 2.17. The lowest BCUT2D eigenvalue weighted by molar-refractivity contribution is 0.0602. The maximum Gasteiger partial charge on any atom is 0.343 e. The Hall–Kier alpha value is -2.50. The van der Waals surface area contributed by atoms with E-state index in [-0.39, 0.29) is 17.1 Å². The summed E-state index contributed by atoms with van der Waals surface area (Å²) in [6.45, 7) is 0. The maximum absolute atomic E-state index is 11.3. The monoisotopic (exact) mass is 233 g/mol. The number of aromatic nitrogens is 2. The number of hydrogen-bond acceptors (Lipinski definition) is 5. The summed E-state index contributed by atoms with van der Waals surface area (Å²) in [4.78, 5) is 11.3. The number of phenolic OH excluding ortho intramolecular Hbond substituents is 1. The van der Waals surface area contributed by atoms with Crippen LogP contribution in [-0.4, -0.2) is 28.0 Å². The second kappa shape index (κ2) is 4.17. The van der Waals surface area contributed by atoms with Crippen LogP contribution in [0, 0.1) is 0 Å². The van der Waals surface area contributed by atoms with Crippen LogP contribution in [0.25, 0.3) is 5.69 Å². The number of carbonyl (C=O) groups excluding carboxylic acids is 1. The van der Waals surface area contributed by atoms with E-state index in [1.54, 1.807) is 18.2 Å². The first-order chi connectivity index (χ1) is 8.15. The average molecular weight is 233 g/mol. The third kappa shape index (κ3) is 1.80. The van der Waals surface area contributed by atoms with Gasteiger partial charge in [0.05, 0.1) is 13.3 Å². The molecule has 17 heavy (non-hydrogen) atoms. The Morgan fingerprint density at radius 2 is 2.18 bits per heavy atom. The number of anilines is 1. The topological polar surface area (TPSA) is 90.4 Å². The first-order valence-electron chi connectivity index (χ1n) is 4.85. The number of nitrogen functional groups attached to an aromatic ring is 1. The third-order valence-electron chi connectivity index (χ3n) is 2.32. The molecule has 0 aliphatic carbocycles. The number of aromatic hydroxyl groups is 1. The Balaban J connectivity index is 2.52. The average Bonchev–Trinajstić information content (AvgIpc) is 2.71. The van der Waals surface area contributed by atoms with Crippen LogP contribution >= 0.6 is 0 Å². The molecule has 0 aliphatic heterocycles. The van der Waals surface area contributed by atoms with E-state index in [4.69, 9.17) is 5.73 Å². The molecular formula is C11H11N3O3. The molecule has 6 heteroatoms. The van der Waals surface area contributed by atoms with Gasteiger partial charge in [0.1, 0.15) is 22.8 Å². The smallest absolute Gasteiger partial charge is 0.343 e. The minimum absolute atomic E-state index is 0.0266. The number of benzene rings is 1. The van der Waals surface area contributed by atoms with Gasteiger partial charge in [0, 0.05) is 0 Å². The van der Waals surface area contributed by atoms with Crippen LogP contribution in [0.1, 0.15) is 10.4 Å². The van der Waals surface area contributed by atoms with Crippen LogP contribution < -0.4 is 5.73 Å². The van der Waals surface area contributed by atoms with E-state index in [9.17, 15) is 9.90 Å². The molecule has 0 unspecified atom stereocenters. The van der Waals surface area contributed by atoms with E-state index in [0.717, 1.165) is 0 Å². The zero-order chi connectivity index (χ0) is 12.4. The standard InChI is InChI=1S/C11H11N3O3/c1-17-11(16)7-6-13-14(10(7)12)8-4-2-3-5-9(8)15/h2-6,15H,12H2,1H3. The number of nitrogens with two attached hydrogens (primary N) is 1. The number of ether oxygens (including phenoxy) is 1. The van der Waals surface area contributed by atoms with Gasteiger partial charge < -0.3 is 15.6 Å². The summed E-state index contributed by atoms with van der Waals surface area (Å²) in [6, 6.07) is 6.56. The van der Waals surface area contributed by atoms with Crippen LogP contribution in [0.5, 0.6) is 5.75 Å². The molecule has 6 nitrogen and oxygen atoms in total. The molecule has 0 bridgehead atoms. The summed E-state index contributed by atoms with van der Waals surface area (Å²) in [5.74, 6) is -0.416. The number of para-hydroxylation sites is 2. The molecule has 88 valence electrons. The molecule has 0 atom stereocenters. The second-order valence-electron chi connectivity index (χ2n) is 3.34. The lowest BCUT2D eigenvalue weighted by Gasteiger charge is -2.06. The van der Waals surface area contributed by atoms with Gasteiger partial charge in [-0.25, -0.2) is 9.48 Å². The highest BCUT2D eigenvalue weighted by Crippen LogP contribution is 2.24. The zero-order valence-corrected chi connectivity index (χ0v) is 9.12. The molecule has 1 aromatic carbocycles. The third-order valence-corrected chi connectivity index (χ3v) is 2.32. The maximum atomic E-state index is 11.3. The SMILES string of the molecule is COC(=O)c1cnn(-c2ccccc2O)c1N. The van der Waals surface area contributed by atoms with E-state index in [2.05, 4.69) is 9.84 Å². The Morgan fingerprint density at radius 3 is 2.82 bits per heavy atom. The lowest BCUT2D eigenvalue weighted by Crippen LogP contribution is -2.07. The molecule has 0 saturated heterocycles. The van der Waals surface area contributed by atoms with Gasteiger partial charge in [-0.3, -0.25) is 0 Å². The summed E-state index contributed by atoms with van der Waals surface area (Å²) in [5.41, 5.74) is 6.33. The quantitative estimate of drug-likeness (QED) is 0.753. The summed E-state index contributed by atoms with van der Waals surface area (Å²) < 4.78 is 5.84. The minimum Gasteiger partial charge on any atom is -0.506 e. The Bertz CT molecular complexity index is 563. The molecule has 0 amide bonds. The van der Waals surface area contributed by atoms with Crippen LogP contribution in [0.3, 0.4) is 0 Å². The van der Waals surface area contributed by atoms with Crippen molar-refractivity contribution in [3.63, 3.8) is 0 Å². The molecule has 0 aliphatic rings. The highest BCUT2D eigenvalue weighted by atomic mass is 16.5. The zero-order valence-electron chi connectivity index (χ0n) is 9.12. The molecule has 0 saturated carbocycles. The van der Waals surface area contributed by atoms with E-state index in [0.29, 0.717) is 5.69 Å². The molecule has 0 radical (unpaired) electrons. The van der Waals surface area contributed by atoms with Crippen LogP contribution in [0.2, 0.25) is 0 Å². The van der Waals surface area contributed by atoms with Gasteiger partial charge in [-0.2, -0.15) is 5.10 Å². The van der Waals surface area contributed by atoms with Gasteiger partial charge in [0.25, 0.3) is 0 Å². The summed E-state index contributed by atoms with van der Waals surface area (Å²) >= 11 is 0. The van der Waals surface area contributed by atoms with Gasteiger partial charge >= 0.3 is 5.97 Å². The van der Waals surface area contributed by atoms with Crippen molar-refractivity contribution in [1.82, 2.24) is 9.78 Å².